The number of aromatic amines is 1. The number of carbonyl (C=O) groups excluding carboxylic acids is 1. The van der Waals surface area contributed by atoms with E-state index in [1.54, 1.807) is 30.5 Å². The second-order valence-corrected chi connectivity index (χ2v) is 3.40. The average Bonchev–Trinajstić information content (AvgIpc) is 2.84. The molecule has 17 heavy (non-hydrogen) atoms. The summed E-state index contributed by atoms with van der Waals surface area (Å²) in [5.74, 6) is -0.888. The Labute approximate surface area is 98.1 Å². The van der Waals surface area contributed by atoms with Crippen LogP contribution in [0.15, 0.2) is 42.7 Å². The molecule has 1 heterocycles. The molecule has 84 valence electrons. The molecule has 0 aliphatic carbocycles. The van der Waals surface area contributed by atoms with Gasteiger partial charge in [-0.15, -0.1) is 0 Å². The van der Waals surface area contributed by atoms with Crippen molar-refractivity contribution in [1.29, 1.82) is 5.26 Å². The minimum absolute atomic E-state index is 0.339. The van der Waals surface area contributed by atoms with Gasteiger partial charge < -0.3 is 4.98 Å². The Kier molecular flexibility index (Phi) is 3.17. The van der Waals surface area contributed by atoms with E-state index in [4.69, 9.17) is 5.26 Å². The smallest absolute Gasteiger partial charge is 0.248 e. The molecular formula is C12H10N4O. The lowest BCUT2D eigenvalue weighted by Gasteiger charge is -2.08. The van der Waals surface area contributed by atoms with Crippen LogP contribution in [-0.4, -0.2) is 15.9 Å². The Bertz CT molecular complexity index is 527. The van der Waals surface area contributed by atoms with Crippen LogP contribution in [0.4, 0.5) is 5.95 Å². The first-order valence-corrected chi connectivity index (χ1v) is 5.06. The number of anilines is 1. The summed E-state index contributed by atoms with van der Waals surface area (Å²) in [6, 6.07) is 10.9. The molecule has 0 aliphatic rings. The summed E-state index contributed by atoms with van der Waals surface area (Å²) in [5.41, 5.74) is 0.666. The number of carbonyl (C=O) groups is 1. The molecule has 1 aromatic carbocycles. The third-order valence-corrected chi connectivity index (χ3v) is 2.26. The highest BCUT2D eigenvalue weighted by molar-refractivity contribution is 5.96. The van der Waals surface area contributed by atoms with E-state index in [1.165, 1.54) is 6.20 Å². The van der Waals surface area contributed by atoms with Gasteiger partial charge in [0.15, 0.2) is 5.92 Å². The van der Waals surface area contributed by atoms with Crippen molar-refractivity contribution in [3.8, 4) is 6.07 Å². The number of aromatic nitrogens is 2. The van der Waals surface area contributed by atoms with Crippen LogP contribution in [0.1, 0.15) is 11.5 Å². The molecule has 0 fully saturated rings. The molecule has 0 bridgehead atoms. The summed E-state index contributed by atoms with van der Waals surface area (Å²) in [7, 11) is 0. The molecule has 2 aromatic rings. The number of hydrogen-bond donors (Lipinski definition) is 2. The summed E-state index contributed by atoms with van der Waals surface area (Å²) in [4.78, 5) is 18.5. The lowest BCUT2D eigenvalue weighted by atomic mass is 10.0. The summed E-state index contributed by atoms with van der Waals surface area (Å²) in [5, 5.41) is 11.6. The third kappa shape index (κ3) is 2.49. The number of nitrogens with one attached hydrogen (secondary N) is 2. The minimum atomic E-state index is -0.832. The van der Waals surface area contributed by atoms with Crippen LogP contribution >= 0.6 is 0 Å². The molecule has 0 saturated heterocycles. The molecule has 1 amide bonds. The molecule has 0 radical (unpaired) electrons. The van der Waals surface area contributed by atoms with E-state index in [9.17, 15) is 4.79 Å². The van der Waals surface area contributed by atoms with Gasteiger partial charge in [-0.3, -0.25) is 10.1 Å². The van der Waals surface area contributed by atoms with Crippen molar-refractivity contribution in [2.75, 3.05) is 5.32 Å². The second kappa shape index (κ2) is 4.94. The van der Waals surface area contributed by atoms with E-state index >= 15 is 0 Å². The Morgan fingerprint density at radius 1 is 1.41 bits per heavy atom. The number of nitriles is 1. The topological polar surface area (TPSA) is 81.6 Å². The maximum Gasteiger partial charge on any atom is 0.248 e. The molecule has 0 saturated carbocycles. The zero-order chi connectivity index (χ0) is 12.1. The number of rotatable bonds is 3. The average molecular weight is 226 g/mol. The van der Waals surface area contributed by atoms with Crippen molar-refractivity contribution in [2.45, 2.75) is 5.92 Å². The fraction of sp³-hybridized carbons (Fsp3) is 0.0833. The summed E-state index contributed by atoms with van der Waals surface area (Å²) in [6.07, 6.45) is 3.12. The van der Waals surface area contributed by atoms with Crippen LogP contribution in [-0.2, 0) is 4.79 Å². The molecule has 5 nitrogen and oxygen atoms in total. The number of nitrogens with zero attached hydrogens (tertiary/aromatic N) is 2. The maximum absolute atomic E-state index is 11.8. The minimum Gasteiger partial charge on any atom is -0.331 e. The third-order valence-electron chi connectivity index (χ3n) is 2.26. The van der Waals surface area contributed by atoms with Crippen LogP contribution in [0.2, 0.25) is 0 Å². The van der Waals surface area contributed by atoms with Gasteiger partial charge in [-0.05, 0) is 5.56 Å². The largest absolute Gasteiger partial charge is 0.331 e. The zero-order valence-corrected chi connectivity index (χ0v) is 8.92. The van der Waals surface area contributed by atoms with Gasteiger partial charge in [0.2, 0.25) is 11.9 Å². The van der Waals surface area contributed by atoms with E-state index in [-0.39, 0.29) is 0 Å². The quantitative estimate of drug-likeness (QED) is 0.834. The van der Waals surface area contributed by atoms with Crippen LogP contribution in [0.3, 0.4) is 0 Å². The van der Waals surface area contributed by atoms with E-state index < -0.39 is 11.8 Å². The highest BCUT2D eigenvalue weighted by Gasteiger charge is 2.20. The molecule has 1 unspecified atom stereocenters. The predicted octanol–water partition coefficient (Wildman–Crippen LogP) is 1.66. The molecule has 2 N–H and O–H groups in total. The van der Waals surface area contributed by atoms with Crippen LogP contribution < -0.4 is 5.32 Å². The number of amides is 1. The highest BCUT2D eigenvalue weighted by atomic mass is 16.2. The van der Waals surface area contributed by atoms with Gasteiger partial charge in [0.05, 0.1) is 6.07 Å². The first-order valence-electron chi connectivity index (χ1n) is 5.06. The van der Waals surface area contributed by atoms with Crippen molar-refractivity contribution in [3.05, 3.63) is 48.3 Å². The molecular weight excluding hydrogens is 216 g/mol. The summed E-state index contributed by atoms with van der Waals surface area (Å²) in [6.45, 7) is 0. The van der Waals surface area contributed by atoms with Gasteiger partial charge in [-0.2, -0.15) is 5.26 Å². The van der Waals surface area contributed by atoms with Crippen molar-refractivity contribution in [1.82, 2.24) is 9.97 Å². The monoisotopic (exact) mass is 226 g/mol. The predicted molar refractivity (Wildman–Crippen MR) is 62.0 cm³/mol. The van der Waals surface area contributed by atoms with E-state index in [0.29, 0.717) is 11.5 Å². The van der Waals surface area contributed by atoms with E-state index in [2.05, 4.69) is 15.3 Å². The summed E-state index contributed by atoms with van der Waals surface area (Å²) < 4.78 is 0. The fourth-order valence-corrected chi connectivity index (χ4v) is 1.45. The Hall–Kier alpha value is -2.61. The van der Waals surface area contributed by atoms with Gasteiger partial charge in [0, 0.05) is 12.4 Å². The van der Waals surface area contributed by atoms with Crippen molar-refractivity contribution in [3.63, 3.8) is 0 Å². The van der Waals surface area contributed by atoms with Crippen molar-refractivity contribution < 1.29 is 4.79 Å². The molecule has 2 rings (SSSR count). The molecule has 0 aliphatic heterocycles. The molecule has 1 atom stereocenters. The fourth-order valence-electron chi connectivity index (χ4n) is 1.45. The Morgan fingerprint density at radius 2 is 2.18 bits per heavy atom. The zero-order valence-electron chi connectivity index (χ0n) is 8.92. The van der Waals surface area contributed by atoms with E-state index in [0.717, 1.165) is 0 Å². The first kappa shape index (κ1) is 10.9. The number of H-pyrrole nitrogens is 1. The lowest BCUT2D eigenvalue weighted by molar-refractivity contribution is -0.116. The van der Waals surface area contributed by atoms with Gasteiger partial charge in [0.1, 0.15) is 0 Å². The Morgan fingerprint density at radius 3 is 2.76 bits per heavy atom. The van der Waals surface area contributed by atoms with Crippen LogP contribution in [0.25, 0.3) is 0 Å². The molecule has 1 aromatic heterocycles. The SMILES string of the molecule is N#CC(C(=O)Nc1ncc[nH]1)c1ccccc1. The lowest BCUT2D eigenvalue weighted by Crippen LogP contribution is -2.20. The van der Waals surface area contributed by atoms with Gasteiger partial charge in [0.25, 0.3) is 0 Å². The van der Waals surface area contributed by atoms with Gasteiger partial charge in [-0.1, -0.05) is 30.3 Å². The number of benzene rings is 1. The van der Waals surface area contributed by atoms with Crippen molar-refractivity contribution in [2.24, 2.45) is 0 Å². The summed E-state index contributed by atoms with van der Waals surface area (Å²) >= 11 is 0. The van der Waals surface area contributed by atoms with Crippen molar-refractivity contribution >= 4 is 11.9 Å². The van der Waals surface area contributed by atoms with Crippen LogP contribution in [0.5, 0.6) is 0 Å². The molecule has 0 spiro atoms. The van der Waals surface area contributed by atoms with Gasteiger partial charge in [-0.25, -0.2) is 4.98 Å². The number of imidazole rings is 1. The normalized spacial score (nSPS) is 11.5. The molecule has 5 heteroatoms. The van der Waals surface area contributed by atoms with E-state index in [1.807, 2.05) is 12.1 Å². The first-order chi connectivity index (χ1) is 8.31. The maximum atomic E-state index is 11.8. The van der Waals surface area contributed by atoms with Crippen LogP contribution in [0, 0.1) is 11.3 Å². The highest BCUT2D eigenvalue weighted by Crippen LogP contribution is 2.16. The number of hydrogen-bond acceptors (Lipinski definition) is 3. The Balaban J connectivity index is 2.15. The second-order valence-electron chi connectivity index (χ2n) is 3.40. The standard InChI is InChI=1S/C12H10N4O/c13-8-10(9-4-2-1-3-5-9)11(17)16-12-14-6-7-15-12/h1-7,10H,(H2,14,15,16,17). The van der Waals surface area contributed by atoms with Gasteiger partial charge >= 0.3 is 0 Å².